The number of carbonyl (C=O) groups excluding carboxylic acids is 1. The van der Waals surface area contributed by atoms with E-state index in [0.717, 1.165) is 16.3 Å². The number of hydrogen-bond acceptors (Lipinski definition) is 5. The highest BCUT2D eigenvalue weighted by Gasteiger charge is 2.33. The van der Waals surface area contributed by atoms with Crippen LogP contribution in [0.25, 0.3) is 16.6 Å². The maximum Gasteiger partial charge on any atom is 0.487 e. The predicted octanol–water partition coefficient (Wildman–Crippen LogP) is 4.68. The molecule has 3 aromatic rings. The largest absolute Gasteiger partial charge is 0.487 e. The molecule has 0 spiro atoms. The SMILES string of the molecule is CCOC(=O)c1cn(-c2ccc(CN(C)C)cc2)c2c(OC(F)(F)Cl)c(F)c(F)cc2c1=O. The Morgan fingerprint density at radius 2 is 1.82 bits per heavy atom. The summed E-state index contributed by atoms with van der Waals surface area (Å²) in [5.74, 6) is -5.71. The lowest BCUT2D eigenvalue weighted by atomic mass is 10.1. The Morgan fingerprint density at radius 3 is 2.36 bits per heavy atom. The fraction of sp³-hybridized carbons (Fsp3) is 0.273. The van der Waals surface area contributed by atoms with E-state index in [0.29, 0.717) is 12.6 Å². The number of benzene rings is 2. The normalized spacial score (nSPS) is 11.8. The van der Waals surface area contributed by atoms with Gasteiger partial charge in [-0.1, -0.05) is 12.1 Å². The number of ether oxygens (including phenoxy) is 2. The molecule has 2 aromatic carbocycles. The highest BCUT2D eigenvalue weighted by Crippen LogP contribution is 2.36. The van der Waals surface area contributed by atoms with Gasteiger partial charge in [-0.3, -0.25) is 4.79 Å². The highest BCUT2D eigenvalue weighted by molar-refractivity contribution is 6.21. The van der Waals surface area contributed by atoms with E-state index in [1.54, 1.807) is 24.3 Å². The average Bonchev–Trinajstić information content (AvgIpc) is 2.71. The molecule has 0 aliphatic rings. The number of esters is 1. The highest BCUT2D eigenvalue weighted by atomic mass is 35.5. The first kappa shape index (κ1) is 24.5. The van der Waals surface area contributed by atoms with Crippen molar-refractivity contribution in [2.45, 2.75) is 19.0 Å². The number of rotatable bonds is 7. The summed E-state index contributed by atoms with van der Waals surface area (Å²) >= 11 is 4.81. The first-order chi connectivity index (χ1) is 15.4. The zero-order valence-corrected chi connectivity index (χ0v) is 18.6. The number of carbonyl (C=O) groups is 1. The minimum atomic E-state index is -4.40. The molecule has 0 aliphatic heterocycles. The summed E-state index contributed by atoms with van der Waals surface area (Å²) in [6.45, 7) is 2.05. The first-order valence-electron chi connectivity index (χ1n) is 9.67. The lowest BCUT2D eigenvalue weighted by Crippen LogP contribution is -2.23. The third-order valence-electron chi connectivity index (χ3n) is 4.57. The van der Waals surface area contributed by atoms with Crippen LogP contribution in [0.5, 0.6) is 5.75 Å². The van der Waals surface area contributed by atoms with Gasteiger partial charge in [-0.15, -0.1) is 8.78 Å². The maximum atomic E-state index is 14.6. The fourth-order valence-corrected chi connectivity index (χ4v) is 3.37. The van der Waals surface area contributed by atoms with Crippen molar-refractivity contribution in [2.75, 3.05) is 20.7 Å². The number of fused-ring (bicyclic) bond motifs is 1. The molecule has 176 valence electrons. The van der Waals surface area contributed by atoms with E-state index in [-0.39, 0.29) is 12.3 Å². The van der Waals surface area contributed by atoms with E-state index in [9.17, 15) is 27.2 Å². The second-order valence-corrected chi connectivity index (χ2v) is 7.75. The van der Waals surface area contributed by atoms with Crippen LogP contribution in [-0.2, 0) is 11.3 Å². The van der Waals surface area contributed by atoms with Gasteiger partial charge in [0.15, 0.2) is 11.6 Å². The molecule has 3 rings (SSSR count). The van der Waals surface area contributed by atoms with Crippen LogP contribution in [0.1, 0.15) is 22.8 Å². The van der Waals surface area contributed by atoms with Gasteiger partial charge < -0.3 is 18.9 Å². The minimum Gasteiger partial charge on any atom is -0.462 e. The Balaban J connectivity index is 2.40. The predicted molar refractivity (Wildman–Crippen MR) is 114 cm³/mol. The van der Waals surface area contributed by atoms with Crippen molar-refractivity contribution in [3.05, 3.63) is 69.5 Å². The molecule has 0 saturated carbocycles. The number of halogens is 5. The Hall–Kier alpha value is -3.11. The molecule has 11 heteroatoms. The molecule has 0 N–H and O–H groups in total. The van der Waals surface area contributed by atoms with Crippen LogP contribution in [0.4, 0.5) is 17.6 Å². The number of pyridine rings is 1. The average molecular weight is 487 g/mol. The molecule has 1 heterocycles. The van der Waals surface area contributed by atoms with Gasteiger partial charge in [0.25, 0.3) is 0 Å². The van der Waals surface area contributed by atoms with Gasteiger partial charge in [-0.05, 0) is 44.8 Å². The molecule has 6 nitrogen and oxygen atoms in total. The third kappa shape index (κ3) is 5.28. The first-order valence-corrected chi connectivity index (χ1v) is 10.0. The number of hydrogen-bond donors (Lipinski definition) is 0. The van der Waals surface area contributed by atoms with Gasteiger partial charge in [-0.25, -0.2) is 9.18 Å². The van der Waals surface area contributed by atoms with Crippen LogP contribution < -0.4 is 10.2 Å². The van der Waals surface area contributed by atoms with Crippen molar-refractivity contribution in [3.63, 3.8) is 0 Å². The molecule has 0 radical (unpaired) electrons. The summed E-state index contributed by atoms with van der Waals surface area (Å²) in [6, 6.07) is 7.04. The van der Waals surface area contributed by atoms with Crippen molar-refractivity contribution >= 4 is 28.5 Å². The van der Waals surface area contributed by atoms with Crippen molar-refractivity contribution in [1.82, 2.24) is 9.47 Å². The molecule has 0 bridgehead atoms. The monoisotopic (exact) mass is 486 g/mol. The minimum absolute atomic E-state index is 0.0554. The van der Waals surface area contributed by atoms with Crippen molar-refractivity contribution in [3.8, 4) is 11.4 Å². The zero-order chi connectivity index (χ0) is 24.5. The number of nitrogens with zero attached hydrogens (tertiary/aromatic N) is 2. The molecule has 0 aliphatic carbocycles. The Labute approximate surface area is 190 Å². The molecular weight excluding hydrogens is 468 g/mol. The Kier molecular flexibility index (Phi) is 6.99. The summed E-state index contributed by atoms with van der Waals surface area (Å²) in [5.41, 5.74) is -5.35. The maximum absolute atomic E-state index is 14.6. The van der Waals surface area contributed by atoms with Gasteiger partial charge in [0.2, 0.25) is 11.2 Å². The van der Waals surface area contributed by atoms with E-state index in [4.69, 9.17) is 16.3 Å². The fourth-order valence-electron chi connectivity index (χ4n) is 3.30. The summed E-state index contributed by atoms with van der Waals surface area (Å²) in [7, 11) is 3.73. The molecular formula is C22H19ClF4N2O4. The third-order valence-corrected chi connectivity index (χ3v) is 4.64. The molecule has 1 aromatic heterocycles. The topological polar surface area (TPSA) is 60.8 Å². The van der Waals surface area contributed by atoms with Crippen LogP contribution in [0.2, 0.25) is 0 Å². The van der Waals surface area contributed by atoms with Crippen LogP contribution in [0.15, 0.2) is 41.3 Å². The smallest absolute Gasteiger partial charge is 0.462 e. The van der Waals surface area contributed by atoms with Gasteiger partial charge in [0.1, 0.15) is 11.1 Å². The van der Waals surface area contributed by atoms with E-state index >= 15 is 0 Å². The lowest BCUT2D eigenvalue weighted by molar-refractivity contribution is -0.0978. The Morgan fingerprint density at radius 1 is 1.18 bits per heavy atom. The molecule has 33 heavy (non-hydrogen) atoms. The quantitative estimate of drug-likeness (QED) is 0.276. The number of aromatic nitrogens is 1. The van der Waals surface area contributed by atoms with Crippen molar-refractivity contribution in [2.24, 2.45) is 0 Å². The van der Waals surface area contributed by atoms with Crippen LogP contribution >= 0.6 is 11.6 Å². The van der Waals surface area contributed by atoms with Gasteiger partial charge in [0.05, 0.1) is 12.0 Å². The van der Waals surface area contributed by atoms with E-state index < -0.39 is 50.8 Å². The van der Waals surface area contributed by atoms with E-state index in [1.807, 2.05) is 19.0 Å². The van der Waals surface area contributed by atoms with Crippen LogP contribution in [0, 0.1) is 11.6 Å². The molecule has 0 atom stereocenters. The molecule has 0 saturated heterocycles. The van der Waals surface area contributed by atoms with Crippen LogP contribution in [-0.4, -0.2) is 41.7 Å². The van der Waals surface area contributed by atoms with Crippen LogP contribution in [0.3, 0.4) is 0 Å². The van der Waals surface area contributed by atoms with E-state index in [2.05, 4.69) is 4.74 Å². The summed E-state index contributed by atoms with van der Waals surface area (Å²) in [4.78, 5) is 27.2. The standard InChI is InChI=1S/C22H19ClF4N2O4/c1-4-32-21(31)15-11-29(13-7-5-12(6-8-13)10-28(2)3)18-14(19(15)30)9-16(24)17(25)20(18)33-22(23,26)27/h5-9,11H,4,10H2,1-3H3. The van der Waals surface area contributed by atoms with Gasteiger partial charge in [0, 0.05) is 30.0 Å². The summed E-state index contributed by atoms with van der Waals surface area (Å²) in [6.07, 6.45) is 1.00. The van der Waals surface area contributed by atoms with Crippen molar-refractivity contribution < 1.29 is 31.8 Å². The lowest BCUT2D eigenvalue weighted by Gasteiger charge is -2.19. The summed E-state index contributed by atoms with van der Waals surface area (Å²) < 4.78 is 65.9. The van der Waals surface area contributed by atoms with Gasteiger partial charge >= 0.3 is 11.5 Å². The summed E-state index contributed by atoms with van der Waals surface area (Å²) in [5, 5.41) is -0.576. The zero-order valence-electron chi connectivity index (χ0n) is 17.8. The molecule has 0 amide bonds. The second-order valence-electron chi connectivity index (χ2n) is 7.31. The second kappa shape index (κ2) is 9.40. The number of alkyl halides is 3. The van der Waals surface area contributed by atoms with Crippen molar-refractivity contribution in [1.29, 1.82) is 0 Å². The van der Waals surface area contributed by atoms with Gasteiger partial charge in [-0.2, -0.15) is 4.39 Å². The van der Waals surface area contributed by atoms with E-state index in [1.165, 1.54) is 6.92 Å². The molecule has 0 fully saturated rings. The Bertz CT molecular complexity index is 1250. The molecule has 0 unspecified atom stereocenters.